The van der Waals surface area contributed by atoms with E-state index in [1.807, 2.05) is 13.0 Å². The number of aryl methyl sites for hydroxylation is 1. The van der Waals surface area contributed by atoms with Crippen LogP contribution in [0.15, 0.2) is 40.8 Å². The molecule has 0 aliphatic rings. The van der Waals surface area contributed by atoms with Crippen LogP contribution in [0.5, 0.6) is 0 Å². The number of nitrogens with zero attached hydrogens (tertiary/aromatic N) is 1. The van der Waals surface area contributed by atoms with Crippen molar-refractivity contribution < 1.29 is 14.3 Å². The fourth-order valence-corrected chi connectivity index (χ4v) is 2.23. The molecule has 0 aliphatic carbocycles. The van der Waals surface area contributed by atoms with Crippen LogP contribution in [-0.2, 0) is 0 Å². The number of fused-ring (bicyclic) bond motifs is 1. The van der Waals surface area contributed by atoms with E-state index in [-0.39, 0.29) is 11.1 Å². The van der Waals surface area contributed by atoms with Crippen LogP contribution in [0, 0.1) is 6.92 Å². The number of carboxylic acids is 1. The predicted octanol–water partition coefficient (Wildman–Crippen LogP) is 4.15. The molecule has 0 spiro atoms. The summed E-state index contributed by atoms with van der Waals surface area (Å²) in [5, 5.41) is 9.73. The maximum atomic E-state index is 11.2. The van der Waals surface area contributed by atoms with Gasteiger partial charge in [-0.25, -0.2) is 9.78 Å². The van der Waals surface area contributed by atoms with Gasteiger partial charge in [-0.3, -0.25) is 0 Å². The highest BCUT2D eigenvalue weighted by molar-refractivity contribution is 6.30. The van der Waals surface area contributed by atoms with Gasteiger partial charge in [0, 0.05) is 10.6 Å². The molecule has 0 fully saturated rings. The van der Waals surface area contributed by atoms with Crippen LogP contribution in [-0.4, -0.2) is 16.1 Å². The summed E-state index contributed by atoms with van der Waals surface area (Å²) in [4.78, 5) is 15.5. The third-order valence-corrected chi connectivity index (χ3v) is 3.31. The summed E-state index contributed by atoms with van der Waals surface area (Å²) < 4.78 is 5.63. The Morgan fingerprint density at radius 1 is 1.30 bits per heavy atom. The van der Waals surface area contributed by atoms with Crippen molar-refractivity contribution in [2.75, 3.05) is 0 Å². The maximum absolute atomic E-state index is 11.2. The molecule has 0 amide bonds. The lowest BCUT2D eigenvalue weighted by molar-refractivity contribution is 0.0698. The third kappa shape index (κ3) is 2.04. The predicted molar refractivity (Wildman–Crippen MR) is 76.2 cm³/mol. The van der Waals surface area contributed by atoms with E-state index in [0.29, 0.717) is 16.4 Å². The van der Waals surface area contributed by atoms with Gasteiger partial charge in [-0.1, -0.05) is 23.7 Å². The normalized spacial score (nSPS) is 10.9. The highest BCUT2D eigenvalue weighted by Gasteiger charge is 2.16. The molecule has 1 aromatic heterocycles. The largest absolute Gasteiger partial charge is 0.478 e. The van der Waals surface area contributed by atoms with Crippen LogP contribution in [0.25, 0.3) is 22.6 Å². The van der Waals surface area contributed by atoms with Gasteiger partial charge in [0.2, 0.25) is 5.89 Å². The van der Waals surface area contributed by atoms with Crippen LogP contribution in [0.3, 0.4) is 0 Å². The number of carbonyl (C=O) groups is 1. The highest BCUT2D eigenvalue weighted by atomic mass is 35.5. The second kappa shape index (κ2) is 4.65. The van der Waals surface area contributed by atoms with Crippen LogP contribution in [0.4, 0.5) is 0 Å². The van der Waals surface area contributed by atoms with Crippen molar-refractivity contribution in [3.8, 4) is 11.5 Å². The Morgan fingerprint density at radius 2 is 2.10 bits per heavy atom. The molecule has 0 bridgehead atoms. The second-order valence-corrected chi connectivity index (χ2v) is 4.87. The Hall–Kier alpha value is -2.33. The van der Waals surface area contributed by atoms with Gasteiger partial charge in [-0.15, -0.1) is 0 Å². The standard InChI is InChI=1S/C15H10ClNO3/c1-8-5-6-9(16)7-11(8)14-17-12-4-2-3-10(15(18)19)13(12)20-14/h2-7H,1H3,(H,18,19). The summed E-state index contributed by atoms with van der Waals surface area (Å²) in [6, 6.07) is 10.3. The van der Waals surface area contributed by atoms with Gasteiger partial charge < -0.3 is 9.52 Å². The number of aromatic nitrogens is 1. The third-order valence-electron chi connectivity index (χ3n) is 3.08. The Balaban J connectivity index is 2.26. The van der Waals surface area contributed by atoms with E-state index >= 15 is 0 Å². The zero-order valence-electron chi connectivity index (χ0n) is 10.6. The molecule has 1 heterocycles. The smallest absolute Gasteiger partial charge is 0.339 e. The van der Waals surface area contributed by atoms with Crippen LogP contribution >= 0.6 is 11.6 Å². The van der Waals surface area contributed by atoms with Crippen LogP contribution in [0.1, 0.15) is 15.9 Å². The first-order valence-electron chi connectivity index (χ1n) is 5.95. The molecule has 0 saturated carbocycles. The molecule has 5 heteroatoms. The van der Waals surface area contributed by atoms with Gasteiger partial charge >= 0.3 is 5.97 Å². The lowest BCUT2D eigenvalue weighted by Gasteiger charge is -2.01. The Labute approximate surface area is 119 Å². The molecule has 0 atom stereocenters. The van der Waals surface area contributed by atoms with Gasteiger partial charge in [0.1, 0.15) is 11.1 Å². The number of para-hydroxylation sites is 1. The number of carboxylic acid groups (broad SMARTS) is 1. The summed E-state index contributed by atoms with van der Waals surface area (Å²) in [6.45, 7) is 1.92. The Bertz CT molecular complexity index is 823. The van der Waals surface area contributed by atoms with Crippen molar-refractivity contribution in [3.05, 3.63) is 52.5 Å². The average molecular weight is 288 g/mol. The maximum Gasteiger partial charge on any atom is 0.339 e. The number of aromatic carboxylic acids is 1. The second-order valence-electron chi connectivity index (χ2n) is 4.44. The molecular formula is C15H10ClNO3. The molecule has 2 aromatic carbocycles. The van der Waals surface area contributed by atoms with Crippen molar-refractivity contribution in [3.63, 3.8) is 0 Å². The Morgan fingerprint density at radius 3 is 2.85 bits per heavy atom. The first-order valence-corrected chi connectivity index (χ1v) is 6.33. The molecule has 3 rings (SSSR count). The van der Waals surface area contributed by atoms with E-state index in [9.17, 15) is 4.79 Å². The highest BCUT2D eigenvalue weighted by Crippen LogP contribution is 2.30. The summed E-state index contributed by atoms with van der Waals surface area (Å²) in [7, 11) is 0. The number of benzene rings is 2. The van der Waals surface area contributed by atoms with E-state index < -0.39 is 5.97 Å². The molecule has 0 unspecified atom stereocenters. The molecule has 0 radical (unpaired) electrons. The van der Waals surface area contributed by atoms with Gasteiger partial charge in [0.05, 0.1) is 0 Å². The van der Waals surface area contributed by atoms with Gasteiger partial charge in [-0.05, 0) is 36.8 Å². The van der Waals surface area contributed by atoms with E-state index in [2.05, 4.69) is 4.98 Å². The minimum Gasteiger partial charge on any atom is -0.478 e. The topological polar surface area (TPSA) is 63.3 Å². The monoisotopic (exact) mass is 287 g/mol. The van der Waals surface area contributed by atoms with E-state index in [4.69, 9.17) is 21.1 Å². The van der Waals surface area contributed by atoms with Crippen molar-refractivity contribution >= 4 is 28.7 Å². The average Bonchev–Trinajstić information content (AvgIpc) is 2.84. The molecule has 0 aliphatic heterocycles. The summed E-state index contributed by atoms with van der Waals surface area (Å²) >= 11 is 5.98. The molecule has 4 nitrogen and oxygen atoms in total. The van der Waals surface area contributed by atoms with Crippen LogP contribution in [0.2, 0.25) is 5.02 Å². The molecule has 100 valence electrons. The van der Waals surface area contributed by atoms with E-state index in [1.54, 1.807) is 24.3 Å². The number of hydrogen-bond donors (Lipinski definition) is 1. The summed E-state index contributed by atoms with van der Waals surface area (Å²) in [6.07, 6.45) is 0. The Kier molecular flexibility index (Phi) is 2.95. The number of oxazole rings is 1. The molecule has 0 saturated heterocycles. The molecule has 1 N–H and O–H groups in total. The van der Waals surface area contributed by atoms with Crippen LogP contribution < -0.4 is 0 Å². The van der Waals surface area contributed by atoms with Gasteiger partial charge in [0.15, 0.2) is 5.58 Å². The first kappa shape index (κ1) is 12.7. The molecular weight excluding hydrogens is 278 g/mol. The number of rotatable bonds is 2. The lowest BCUT2D eigenvalue weighted by Crippen LogP contribution is -1.95. The fourth-order valence-electron chi connectivity index (χ4n) is 2.06. The van der Waals surface area contributed by atoms with Crippen molar-refractivity contribution in [1.82, 2.24) is 4.98 Å². The zero-order valence-corrected chi connectivity index (χ0v) is 11.3. The first-order chi connectivity index (χ1) is 9.56. The molecule has 3 aromatic rings. The lowest BCUT2D eigenvalue weighted by atomic mass is 10.1. The van der Waals surface area contributed by atoms with E-state index in [0.717, 1.165) is 11.1 Å². The zero-order chi connectivity index (χ0) is 14.3. The fraction of sp³-hybridized carbons (Fsp3) is 0.0667. The quantitative estimate of drug-likeness (QED) is 0.769. The van der Waals surface area contributed by atoms with E-state index in [1.165, 1.54) is 6.07 Å². The number of halogens is 1. The van der Waals surface area contributed by atoms with Gasteiger partial charge in [-0.2, -0.15) is 0 Å². The van der Waals surface area contributed by atoms with Crippen molar-refractivity contribution in [2.45, 2.75) is 6.92 Å². The van der Waals surface area contributed by atoms with Gasteiger partial charge in [0.25, 0.3) is 0 Å². The minimum absolute atomic E-state index is 0.0981. The minimum atomic E-state index is -1.04. The summed E-state index contributed by atoms with van der Waals surface area (Å²) in [5.41, 5.74) is 2.59. The number of hydrogen-bond acceptors (Lipinski definition) is 3. The SMILES string of the molecule is Cc1ccc(Cl)cc1-c1nc2cccc(C(=O)O)c2o1. The molecule has 20 heavy (non-hydrogen) atoms. The van der Waals surface area contributed by atoms with Crippen molar-refractivity contribution in [1.29, 1.82) is 0 Å². The summed E-state index contributed by atoms with van der Waals surface area (Å²) in [5.74, 6) is -0.671. The van der Waals surface area contributed by atoms with Crippen molar-refractivity contribution in [2.24, 2.45) is 0 Å².